The highest BCUT2D eigenvalue weighted by Crippen LogP contribution is 2.80. The average Bonchev–Trinajstić information content (AvgIpc) is 3.28. The van der Waals surface area contributed by atoms with Crippen molar-refractivity contribution in [3.05, 3.63) is 71.6 Å². The third kappa shape index (κ3) is 3.72. The number of tetrazole rings is 1. The van der Waals surface area contributed by atoms with Crippen LogP contribution in [0.2, 0.25) is 0 Å². The molecule has 0 amide bonds. The zero-order valence-corrected chi connectivity index (χ0v) is 20.2. The Labute approximate surface area is 215 Å². The molecule has 2 heterocycles. The monoisotopic (exact) mass is 534 g/mol. The van der Waals surface area contributed by atoms with Crippen molar-refractivity contribution in [1.82, 2.24) is 20.2 Å². The predicted molar refractivity (Wildman–Crippen MR) is 123 cm³/mol. The minimum absolute atomic E-state index is 0.0655. The standard InChI is InChI=1S/C26H26F4N4O4/c27-18-3-6-20(21(28)7-18)25(36,14-34-15-31-32-33-34)26(29,30)24-11-23(12-24,13-24)17-1-4-19(5-2-17)38-10-22(35)16-8-37-9-16/h1-7,15-16,22,35-36H,8-14H2/t22-,23?,24?,25+/m1/s1. The summed E-state index contributed by atoms with van der Waals surface area (Å²) in [5.41, 5.74) is -4.91. The molecule has 3 saturated carbocycles. The van der Waals surface area contributed by atoms with E-state index in [-0.39, 0.29) is 31.8 Å². The Balaban J connectivity index is 1.19. The molecule has 2 N–H and O–H groups in total. The Morgan fingerprint density at radius 3 is 2.39 bits per heavy atom. The van der Waals surface area contributed by atoms with Gasteiger partial charge in [0, 0.05) is 23.0 Å². The molecule has 202 valence electrons. The summed E-state index contributed by atoms with van der Waals surface area (Å²) in [5.74, 6) is -5.37. The van der Waals surface area contributed by atoms with Gasteiger partial charge in [-0.2, -0.15) is 0 Å². The number of halogens is 4. The van der Waals surface area contributed by atoms with Crippen LogP contribution in [0.4, 0.5) is 17.6 Å². The number of alkyl halides is 2. The minimum Gasteiger partial charge on any atom is -0.491 e. The van der Waals surface area contributed by atoms with Gasteiger partial charge in [0.15, 0.2) is 5.60 Å². The van der Waals surface area contributed by atoms with Crippen LogP contribution in [0.5, 0.6) is 5.75 Å². The number of hydrogen-bond donors (Lipinski definition) is 2. The molecule has 1 saturated heterocycles. The maximum absolute atomic E-state index is 16.3. The van der Waals surface area contributed by atoms with Crippen molar-refractivity contribution in [2.24, 2.45) is 11.3 Å². The Morgan fingerprint density at radius 2 is 1.82 bits per heavy atom. The van der Waals surface area contributed by atoms with E-state index in [9.17, 15) is 19.0 Å². The molecule has 8 nitrogen and oxygen atoms in total. The molecule has 3 aromatic rings. The van der Waals surface area contributed by atoms with Gasteiger partial charge in [0.2, 0.25) is 0 Å². The number of aromatic nitrogens is 4. The van der Waals surface area contributed by atoms with Crippen LogP contribution < -0.4 is 4.74 Å². The summed E-state index contributed by atoms with van der Waals surface area (Å²) in [4.78, 5) is 0. The summed E-state index contributed by atoms with van der Waals surface area (Å²) in [7, 11) is 0. The highest BCUT2D eigenvalue weighted by atomic mass is 19.3. The Kier molecular flexibility index (Phi) is 5.78. The second kappa shape index (κ2) is 8.72. The lowest BCUT2D eigenvalue weighted by Gasteiger charge is -2.74. The van der Waals surface area contributed by atoms with Crippen molar-refractivity contribution >= 4 is 0 Å². The molecule has 2 bridgehead atoms. The van der Waals surface area contributed by atoms with Gasteiger partial charge in [-0.25, -0.2) is 22.2 Å². The number of aliphatic hydroxyl groups is 2. The SMILES string of the molecule is O[C@H](COc1ccc(C23CC(C(F)(F)[C@](O)(Cn4cnnn4)c4ccc(F)cc4F)(C2)C3)cc1)C1COC1. The number of ether oxygens (including phenoxy) is 2. The first-order valence-electron chi connectivity index (χ1n) is 12.3. The van der Waals surface area contributed by atoms with Crippen LogP contribution in [-0.4, -0.2) is 62.3 Å². The fourth-order valence-corrected chi connectivity index (χ4v) is 6.23. The zero-order valence-electron chi connectivity index (χ0n) is 20.2. The van der Waals surface area contributed by atoms with E-state index >= 15 is 8.78 Å². The lowest BCUT2D eigenvalue weighted by Crippen LogP contribution is -2.76. The van der Waals surface area contributed by atoms with Gasteiger partial charge in [-0.05, 0) is 64.9 Å². The summed E-state index contributed by atoms with van der Waals surface area (Å²) in [6.45, 7) is 0.344. The van der Waals surface area contributed by atoms with Gasteiger partial charge < -0.3 is 19.7 Å². The number of benzene rings is 2. The van der Waals surface area contributed by atoms with Crippen LogP contribution in [0, 0.1) is 23.0 Å². The van der Waals surface area contributed by atoms with E-state index in [1.54, 1.807) is 12.1 Å². The first-order chi connectivity index (χ1) is 18.1. The lowest BCUT2D eigenvalue weighted by atomic mass is 9.30. The Bertz CT molecular complexity index is 1300. The van der Waals surface area contributed by atoms with Crippen LogP contribution in [0.3, 0.4) is 0 Å². The Morgan fingerprint density at radius 1 is 1.11 bits per heavy atom. The van der Waals surface area contributed by atoms with Gasteiger partial charge in [-0.3, -0.25) is 0 Å². The molecule has 4 fully saturated rings. The summed E-state index contributed by atoms with van der Waals surface area (Å²) in [6, 6.07) is 9.29. The molecule has 1 aliphatic heterocycles. The van der Waals surface area contributed by atoms with Gasteiger partial charge in [0.05, 0.1) is 25.9 Å². The molecule has 0 radical (unpaired) electrons. The number of nitrogens with zero attached hydrogens (tertiary/aromatic N) is 4. The molecule has 3 aliphatic carbocycles. The zero-order chi connectivity index (χ0) is 26.8. The number of aliphatic hydroxyl groups excluding tert-OH is 1. The van der Waals surface area contributed by atoms with Gasteiger partial charge in [0.25, 0.3) is 5.92 Å². The van der Waals surface area contributed by atoms with Gasteiger partial charge in [0.1, 0.15) is 30.3 Å². The molecule has 1 aromatic heterocycles. The topological polar surface area (TPSA) is 103 Å². The van der Waals surface area contributed by atoms with Crippen molar-refractivity contribution in [3.63, 3.8) is 0 Å². The second-order valence-corrected chi connectivity index (χ2v) is 10.9. The number of rotatable bonds is 10. The average molecular weight is 535 g/mol. The van der Waals surface area contributed by atoms with Crippen molar-refractivity contribution in [2.45, 2.75) is 48.8 Å². The smallest absolute Gasteiger partial charge is 0.287 e. The highest BCUT2D eigenvalue weighted by Gasteiger charge is 2.82. The molecule has 0 unspecified atom stereocenters. The van der Waals surface area contributed by atoms with Crippen LogP contribution in [0.15, 0.2) is 48.8 Å². The quantitative estimate of drug-likeness (QED) is 0.386. The van der Waals surface area contributed by atoms with Crippen LogP contribution in [0.1, 0.15) is 30.4 Å². The van der Waals surface area contributed by atoms with E-state index in [1.807, 2.05) is 12.1 Å². The normalized spacial score (nSPS) is 27.0. The van der Waals surface area contributed by atoms with E-state index in [0.29, 0.717) is 25.0 Å². The first-order valence-corrected chi connectivity index (χ1v) is 12.3. The fourth-order valence-electron chi connectivity index (χ4n) is 6.23. The Hall–Kier alpha value is -3.09. The first kappa shape index (κ1) is 25.2. The number of hydrogen-bond acceptors (Lipinski definition) is 7. The predicted octanol–water partition coefficient (Wildman–Crippen LogP) is 2.98. The second-order valence-electron chi connectivity index (χ2n) is 10.9. The van der Waals surface area contributed by atoms with Crippen molar-refractivity contribution < 1.29 is 37.2 Å². The van der Waals surface area contributed by atoms with E-state index in [0.717, 1.165) is 28.7 Å². The molecule has 0 spiro atoms. The van der Waals surface area contributed by atoms with E-state index in [2.05, 4.69) is 15.5 Å². The molecule has 4 aliphatic rings. The van der Waals surface area contributed by atoms with E-state index < -0.39 is 52.2 Å². The minimum atomic E-state index is -3.78. The van der Waals surface area contributed by atoms with E-state index in [4.69, 9.17) is 9.47 Å². The van der Waals surface area contributed by atoms with Gasteiger partial charge in [-0.1, -0.05) is 12.1 Å². The van der Waals surface area contributed by atoms with Gasteiger partial charge >= 0.3 is 0 Å². The summed E-state index contributed by atoms with van der Waals surface area (Å²) < 4.78 is 72.5. The maximum atomic E-state index is 16.3. The van der Waals surface area contributed by atoms with Crippen LogP contribution in [0.25, 0.3) is 0 Å². The van der Waals surface area contributed by atoms with Crippen molar-refractivity contribution in [2.75, 3.05) is 19.8 Å². The highest BCUT2D eigenvalue weighted by molar-refractivity contribution is 5.44. The molecular formula is C26H26F4N4O4. The summed E-state index contributed by atoms with van der Waals surface area (Å²) in [6.07, 6.45) is 0.701. The third-order valence-electron chi connectivity index (χ3n) is 8.47. The van der Waals surface area contributed by atoms with Crippen molar-refractivity contribution in [3.8, 4) is 5.75 Å². The fraction of sp³-hybridized carbons (Fsp3) is 0.500. The molecule has 2 atom stereocenters. The molecule has 38 heavy (non-hydrogen) atoms. The maximum Gasteiger partial charge on any atom is 0.287 e. The molecule has 7 rings (SSSR count). The van der Waals surface area contributed by atoms with E-state index in [1.165, 1.54) is 0 Å². The van der Waals surface area contributed by atoms with Gasteiger partial charge in [-0.15, -0.1) is 5.10 Å². The largest absolute Gasteiger partial charge is 0.491 e. The molecule has 2 aromatic carbocycles. The summed E-state index contributed by atoms with van der Waals surface area (Å²) in [5, 5.41) is 31.9. The summed E-state index contributed by atoms with van der Waals surface area (Å²) >= 11 is 0. The van der Waals surface area contributed by atoms with Crippen LogP contribution >= 0.6 is 0 Å². The van der Waals surface area contributed by atoms with Crippen LogP contribution in [-0.2, 0) is 22.3 Å². The van der Waals surface area contributed by atoms with Crippen molar-refractivity contribution in [1.29, 1.82) is 0 Å². The third-order valence-corrected chi connectivity index (χ3v) is 8.47. The molecular weight excluding hydrogens is 508 g/mol. The molecule has 12 heteroatoms. The lowest BCUT2D eigenvalue weighted by molar-refractivity contribution is -0.347.